The summed E-state index contributed by atoms with van der Waals surface area (Å²) in [5, 5.41) is 4.84. The van der Waals surface area contributed by atoms with E-state index in [-0.39, 0.29) is 0 Å². The van der Waals surface area contributed by atoms with Gasteiger partial charge in [-0.25, -0.2) is 10.4 Å². The maximum absolute atomic E-state index is 5.81. The number of halogens is 1. The molecule has 0 spiro atoms. The van der Waals surface area contributed by atoms with Crippen LogP contribution in [0, 0.1) is 0 Å². The second-order valence-corrected chi connectivity index (χ2v) is 4.46. The average Bonchev–Trinajstić information content (AvgIpc) is 2.83. The molecule has 0 unspecified atom stereocenters. The van der Waals surface area contributed by atoms with Crippen molar-refractivity contribution in [2.45, 2.75) is 0 Å². The first kappa shape index (κ1) is 11.7. The number of anilines is 1. The molecule has 0 radical (unpaired) electrons. The van der Waals surface area contributed by atoms with E-state index in [0.717, 1.165) is 16.6 Å². The van der Waals surface area contributed by atoms with E-state index in [1.165, 1.54) is 0 Å². The molecule has 2 N–H and O–H groups in total. The van der Waals surface area contributed by atoms with Crippen LogP contribution in [0.3, 0.4) is 0 Å². The Labute approximate surface area is 115 Å². The minimum absolute atomic E-state index is 0.617. The normalized spacial score (nSPS) is 11.2. The molecular formula is C14H11ClN4. The molecule has 5 heteroatoms. The lowest BCUT2D eigenvalue weighted by atomic mass is 10.2. The fourth-order valence-corrected chi connectivity index (χ4v) is 1.85. The molecule has 4 nitrogen and oxygen atoms in total. The number of para-hydroxylation sites is 2. The van der Waals surface area contributed by atoms with Crippen LogP contribution in [0.4, 0.5) is 5.95 Å². The fourth-order valence-electron chi connectivity index (χ4n) is 1.72. The van der Waals surface area contributed by atoms with Crippen molar-refractivity contribution in [2.75, 3.05) is 5.43 Å². The van der Waals surface area contributed by atoms with Gasteiger partial charge in [-0.1, -0.05) is 35.9 Å². The summed E-state index contributed by atoms with van der Waals surface area (Å²) < 4.78 is 0. The van der Waals surface area contributed by atoms with Gasteiger partial charge in [-0.2, -0.15) is 5.10 Å². The SMILES string of the molecule is Clc1ccc(/C=N/Nc2nc3ccccc3[nH]2)cc1. The number of nitrogens with zero attached hydrogens (tertiary/aromatic N) is 2. The molecule has 0 bridgehead atoms. The first-order valence-corrected chi connectivity index (χ1v) is 6.18. The maximum atomic E-state index is 5.81. The van der Waals surface area contributed by atoms with E-state index in [0.29, 0.717) is 11.0 Å². The van der Waals surface area contributed by atoms with Gasteiger partial charge in [-0.05, 0) is 29.8 Å². The van der Waals surface area contributed by atoms with Crippen LogP contribution in [0.15, 0.2) is 53.6 Å². The summed E-state index contributed by atoms with van der Waals surface area (Å²) in [6, 6.07) is 15.3. The highest BCUT2D eigenvalue weighted by molar-refractivity contribution is 6.30. The molecule has 0 aliphatic heterocycles. The number of hydrogen-bond acceptors (Lipinski definition) is 3. The van der Waals surface area contributed by atoms with Crippen LogP contribution in [-0.4, -0.2) is 16.2 Å². The van der Waals surface area contributed by atoms with Crippen molar-refractivity contribution in [1.82, 2.24) is 9.97 Å². The lowest BCUT2D eigenvalue weighted by Gasteiger charge is -1.94. The molecule has 3 aromatic rings. The maximum Gasteiger partial charge on any atom is 0.222 e. The summed E-state index contributed by atoms with van der Waals surface area (Å²) in [6.07, 6.45) is 1.71. The average molecular weight is 271 g/mol. The van der Waals surface area contributed by atoms with Gasteiger partial charge in [0, 0.05) is 5.02 Å². The topological polar surface area (TPSA) is 53.1 Å². The van der Waals surface area contributed by atoms with Crippen molar-refractivity contribution in [3.8, 4) is 0 Å². The fraction of sp³-hybridized carbons (Fsp3) is 0. The van der Waals surface area contributed by atoms with Crippen molar-refractivity contribution in [3.05, 3.63) is 59.1 Å². The molecular weight excluding hydrogens is 260 g/mol. The van der Waals surface area contributed by atoms with Gasteiger partial charge in [0.1, 0.15) is 0 Å². The Kier molecular flexibility index (Phi) is 3.16. The number of benzene rings is 2. The molecule has 3 rings (SSSR count). The van der Waals surface area contributed by atoms with Gasteiger partial charge >= 0.3 is 0 Å². The second-order valence-electron chi connectivity index (χ2n) is 4.02. The van der Waals surface area contributed by atoms with Crippen LogP contribution in [0.5, 0.6) is 0 Å². The number of imidazole rings is 1. The van der Waals surface area contributed by atoms with Gasteiger partial charge in [0.2, 0.25) is 5.95 Å². The smallest absolute Gasteiger partial charge is 0.222 e. The number of hydrogen-bond donors (Lipinski definition) is 2. The van der Waals surface area contributed by atoms with Crippen LogP contribution in [0.25, 0.3) is 11.0 Å². The Morgan fingerprint density at radius 2 is 1.89 bits per heavy atom. The molecule has 0 aliphatic rings. The summed E-state index contributed by atoms with van der Waals surface area (Å²) in [5.74, 6) is 0.617. The summed E-state index contributed by atoms with van der Waals surface area (Å²) >= 11 is 5.81. The largest absolute Gasteiger partial charge is 0.323 e. The highest BCUT2D eigenvalue weighted by Gasteiger charge is 1.99. The zero-order chi connectivity index (χ0) is 13.1. The highest BCUT2D eigenvalue weighted by Crippen LogP contribution is 2.13. The molecule has 0 amide bonds. The first-order valence-electron chi connectivity index (χ1n) is 5.81. The van der Waals surface area contributed by atoms with Crippen molar-refractivity contribution in [3.63, 3.8) is 0 Å². The van der Waals surface area contributed by atoms with Gasteiger partial charge in [0.15, 0.2) is 0 Å². The second kappa shape index (κ2) is 5.12. The number of nitrogens with one attached hydrogen (secondary N) is 2. The monoisotopic (exact) mass is 270 g/mol. The van der Waals surface area contributed by atoms with Gasteiger partial charge in [-0.3, -0.25) is 0 Å². The van der Waals surface area contributed by atoms with E-state index in [2.05, 4.69) is 20.5 Å². The van der Waals surface area contributed by atoms with Gasteiger partial charge in [-0.15, -0.1) is 0 Å². The zero-order valence-electron chi connectivity index (χ0n) is 9.97. The van der Waals surface area contributed by atoms with Crippen LogP contribution in [-0.2, 0) is 0 Å². The zero-order valence-corrected chi connectivity index (χ0v) is 10.7. The van der Waals surface area contributed by atoms with E-state index >= 15 is 0 Å². The quantitative estimate of drug-likeness (QED) is 0.564. The number of aromatic nitrogens is 2. The lowest BCUT2D eigenvalue weighted by Crippen LogP contribution is -1.92. The summed E-state index contributed by atoms with van der Waals surface area (Å²) in [7, 11) is 0. The third-order valence-corrected chi connectivity index (χ3v) is 2.90. The number of aromatic amines is 1. The van der Waals surface area contributed by atoms with E-state index in [9.17, 15) is 0 Å². The highest BCUT2D eigenvalue weighted by atomic mass is 35.5. The minimum Gasteiger partial charge on any atom is -0.323 e. The number of hydrazone groups is 1. The summed E-state index contributed by atoms with van der Waals surface area (Å²) in [6.45, 7) is 0. The summed E-state index contributed by atoms with van der Waals surface area (Å²) in [5.41, 5.74) is 5.72. The van der Waals surface area contributed by atoms with Crippen LogP contribution in [0.1, 0.15) is 5.56 Å². The molecule has 0 saturated carbocycles. The molecule has 2 aromatic carbocycles. The first-order chi connectivity index (χ1) is 9.31. The third-order valence-electron chi connectivity index (χ3n) is 2.64. The van der Waals surface area contributed by atoms with E-state index < -0.39 is 0 Å². The standard InChI is InChI=1S/C14H11ClN4/c15-11-7-5-10(6-8-11)9-16-19-14-17-12-3-1-2-4-13(12)18-14/h1-9H,(H2,17,18,19)/b16-9+. The molecule has 0 atom stereocenters. The van der Waals surface area contributed by atoms with E-state index in [4.69, 9.17) is 11.6 Å². The lowest BCUT2D eigenvalue weighted by molar-refractivity contribution is 1.21. The van der Waals surface area contributed by atoms with E-state index in [1.807, 2.05) is 48.5 Å². The Morgan fingerprint density at radius 1 is 1.11 bits per heavy atom. The third kappa shape index (κ3) is 2.74. The molecule has 1 aromatic heterocycles. The number of fused-ring (bicyclic) bond motifs is 1. The Balaban J connectivity index is 1.73. The van der Waals surface area contributed by atoms with Crippen molar-refractivity contribution >= 4 is 34.8 Å². The van der Waals surface area contributed by atoms with Gasteiger partial charge in [0.25, 0.3) is 0 Å². The predicted molar refractivity (Wildman–Crippen MR) is 78.8 cm³/mol. The van der Waals surface area contributed by atoms with Crippen LogP contribution >= 0.6 is 11.6 Å². The molecule has 0 fully saturated rings. The Morgan fingerprint density at radius 3 is 2.68 bits per heavy atom. The number of H-pyrrole nitrogens is 1. The molecule has 0 saturated heterocycles. The van der Waals surface area contributed by atoms with Crippen molar-refractivity contribution in [2.24, 2.45) is 5.10 Å². The number of rotatable bonds is 3. The molecule has 19 heavy (non-hydrogen) atoms. The van der Waals surface area contributed by atoms with Crippen LogP contribution in [0.2, 0.25) is 5.02 Å². The van der Waals surface area contributed by atoms with Gasteiger partial charge in [0.05, 0.1) is 17.2 Å². The van der Waals surface area contributed by atoms with E-state index in [1.54, 1.807) is 6.21 Å². The molecule has 94 valence electrons. The Bertz CT molecular complexity index is 683. The Hall–Kier alpha value is -2.33. The minimum atomic E-state index is 0.617. The van der Waals surface area contributed by atoms with Crippen molar-refractivity contribution < 1.29 is 0 Å². The predicted octanol–water partition coefficient (Wildman–Crippen LogP) is 3.66. The van der Waals surface area contributed by atoms with Crippen LogP contribution < -0.4 is 5.43 Å². The summed E-state index contributed by atoms with van der Waals surface area (Å²) in [4.78, 5) is 7.49. The van der Waals surface area contributed by atoms with Crippen molar-refractivity contribution in [1.29, 1.82) is 0 Å². The molecule has 1 heterocycles. The van der Waals surface area contributed by atoms with Gasteiger partial charge < -0.3 is 4.98 Å². The molecule has 0 aliphatic carbocycles.